The molecule has 1 saturated heterocycles. The van der Waals surface area contributed by atoms with Crippen LogP contribution in [0.5, 0.6) is 0 Å². The molecule has 0 aromatic heterocycles. The van der Waals surface area contributed by atoms with Gasteiger partial charge in [-0.05, 0) is 38.7 Å². The summed E-state index contributed by atoms with van der Waals surface area (Å²) in [4.78, 5) is 0. The first-order chi connectivity index (χ1) is 6.09. The van der Waals surface area contributed by atoms with Gasteiger partial charge >= 0.3 is 0 Å². The van der Waals surface area contributed by atoms with Crippen molar-refractivity contribution in [1.82, 2.24) is 5.32 Å². The minimum absolute atomic E-state index is 0.271. The lowest BCUT2D eigenvalue weighted by Gasteiger charge is -2.44. The van der Waals surface area contributed by atoms with Crippen LogP contribution in [0, 0.1) is 11.8 Å². The van der Waals surface area contributed by atoms with Crippen molar-refractivity contribution in [3.05, 3.63) is 23.9 Å². The second-order valence-electron chi connectivity index (χ2n) is 4.97. The average Bonchev–Trinajstić information content (AvgIpc) is 2.06. The van der Waals surface area contributed by atoms with Crippen molar-refractivity contribution < 1.29 is 0 Å². The van der Waals surface area contributed by atoms with Crippen LogP contribution in [0.25, 0.3) is 0 Å². The van der Waals surface area contributed by atoms with Crippen LogP contribution >= 0.6 is 0 Å². The first-order valence-corrected chi connectivity index (χ1v) is 5.24. The van der Waals surface area contributed by atoms with Gasteiger partial charge in [-0.2, -0.15) is 0 Å². The van der Waals surface area contributed by atoms with Crippen LogP contribution < -0.4 is 5.32 Å². The maximum absolute atomic E-state index is 3.65. The molecule has 0 radical (unpaired) electrons. The van der Waals surface area contributed by atoms with Crippen LogP contribution in [0.3, 0.4) is 0 Å². The third-order valence-electron chi connectivity index (χ3n) is 3.61. The van der Waals surface area contributed by atoms with E-state index in [1.54, 1.807) is 0 Å². The molecule has 0 saturated carbocycles. The molecule has 1 aliphatic heterocycles. The van der Waals surface area contributed by atoms with Crippen LogP contribution in [0.15, 0.2) is 23.9 Å². The second kappa shape index (κ2) is 2.90. The van der Waals surface area contributed by atoms with Gasteiger partial charge in [0.05, 0.1) is 0 Å². The minimum Gasteiger partial charge on any atom is -0.383 e. The lowest BCUT2D eigenvalue weighted by Crippen LogP contribution is -2.50. The van der Waals surface area contributed by atoms with E-state index in [0.29, 0.717) is 0 Å². The van der Waals surface area contributed by atoms with E-state index in [-0.39, 0.29) is 5.54 Å². The molecule has 2 unspecified atom stereocenters. The topological polar surface area (TPSA) is 12.0 Å². The summed E-state index contributed by atoms with van der Waals surface area (Å²) >= 11 is 0. The van der Waals surface area contributed by atoms with Crippen molar-refractivity contribution in [1.29, 1.82) is 0 Å². The largest absolute Gasteiger partial charge is 0.383 e. The Morgan fingerprint density at radius 1 is 1.46 bits per heavy atom. The van der Waals surface area contributed by atoms with Gasteiger partial charge in [-0.3, -0.25) is 0 Å². The van der Waals surface area contributed by atoms with E-state index in [2.05, 4.69) is 44.3 Å². The van der Waals surface area contributed by atoms with Crippen LogP contribution in [-0.2, 0) is 0 Å². The number of rotatable bonds is 0. The van der Waals surface area contributed by atoms with Crippen molar-refractivity contribution in [2.24, 2.45) is 11.8 Å². The Kier molecular flexibility index (Phi) is 1.98. The molecular formula is C12H19N. The fourth-order valence-corrected chi connectivity index (χ4v) is 2.26. The average molecular weight is 177 g/mol. The molecule has 2 rings (SSSR count). The Hall–Kier alpha value is -0.720. The van der Waals surface area contributed by atoms with E-state index < -0.39 is 0 Å². The van der Waals surface area contributed by atoms with Gasteiger partial charge < -0.3 is 5.32 Å². The summed E-state index contributed by atoms with van der Waals surface area (Å²) < 4.78 is 0. The normalized spacial score (nSPS) is 36.1. The smallest absolute Gasteiger partial charge is 0.0340 e. The third kappa shape index (κ3) is 1.52. The molecular weight excluding hydrogens is 158 g/mol. The summed E-state index contributed by atoms with van der Waals surface area (Å²) in [6, 6.07) is 0. The predicted octanol–water partition coefficient (Wildman–Crippen LogP) is 2.85. The van der Waals surface area contributed by atoms with Crippen molar-refractivity contribution in [2.45, 2.75) is 39.2 Å². The molecule has 0 aromatic carbocycles. The summed E-state index contributed by atoms with van der Waals surface area (Å²) in [6.07, 6.45) is 9.24. The van der Waals surface area contributed by atoms with E-state index in [1.807, 2.05) is 0 Å². The lowest BCUT2D eigenvalue weighted by atomic mass is 9.74. The van der Waals surface area contributed by atoms with Crippen LogP contribution in [0.1, 0.15) is 33.6 Å². The number of hydrogen-bond donors (Lipinski definition) is 1. The summed E-state index contributed by atoms with van der Waals surface area (Å²) in [6.45, 7) is 6.95. The van der Waals surface area contributed by atoms with E-state index in [4.69, 9.17) is 0 Å². The van der Waals surface area contributed by atoms with Gasteiger partial charge in [0.1, 0.15) is 0 Å². The number of allylic oxidation sites excluding steroid dienone is 4. The van der Waals surface area contributed by atoms with Gasteiger partial charge in [0.2, 0.25) is 0 Å². The van der Waals surface area contributed by atoms with Gasteiger partial charge in [-0.25, -0.2) is 0 Å². The molecule has 1 fully saturated rings. The maximum Gasteiger partial charge on any atom is 0.0340 e. The third-order valence-corrected chi connectivity index (χ3v) is 3.61. The Labute approximate surface area is 80.9 Å². The quantitative estimate of drug-likeness (QED) is 0.600. The molecule has 0 bridgehead atoms. The molecule has 0 amide bonds. The zero-order chi connectivity index (χ0) is 9.47. The van der Waals surface area contributed by atoms with Crippen LogP contribution in [0.2, 0.25) is 0 Å². The van der Waals surface area contributed by atoms with Crippen molar-refractivity contribution in [2.75, 3.05) is 0 Å². The SMILES string of the molecule is CC1CC2CC=CC=C2NC1(C)C. The zero-order valence-electron chi connectivity index (χ0n) is 8.80. The molecule has 0 spiro atoms. The number of piperidine rings is 1. The zero-order valence-corrected chi connectivity index (χ0v) is 8.80. The summed E-state index contributed by atoms with van der Waals surface area (Å²) in [5.74, 6) is 1.52. The van der Waals surface area contributed by atoms with Crippen LogP contribution in [0.4, 0.5) is 0 Å². The van der Waals surface area contributed by atoms with E-state index >= 15 is 0 Å². The first-order valence-electron chi connectivity index (χ1n) is 5.24. The fraction of sp³-hybridized carbons (Fsp3) is 0.667. The van der Waals surface area contributed by atoms with Gasteiger partial charge in [0.25, 0.3) is 0 Å². The molecule has 72 valence electrons. The highest BCUT2D eigenvalue weighted by Crippen LogP contribution is 2.36. The van der Waals surface area contributed by atoms with E-state index in [0.717, 1.165) is 11.8 Å². The Morgan fingerprint density at radius 2 is 2.23 bits per heavy atom. The van der Waals surface area contributed by atoms with Gasteiger partial charge in [0.15, 0.2) is 0 Å². The van der Waals surface area contributed by atoms with E-state index in [1.165, 1.54) is 18.5 Å². The van der Waals surface area contributed by atoms with Gasteiger partial charge in [-0.15, -0.1) is 0 Å². The van der Waals surface area contributed by atoms with Crippen LogP contribution in [-0.4, -0.2) is 5.54 Å². The van der Waals surface area contributed by atoms with Crippen molar-refractivity contribution in [3.8, 4) is 0 Å². The minimum atomic E-state index is 0.271. The predicted molar refractivity (Wildman–Crippen MR) is 56.3 cm³/mol. The Morgan fingerprint density at radius 3 is 3.00 bits per heavy atom. The standard InChI is InChI=1S/C12H19N/c1-9-8-10-6-4-5-7-11(10)13-12(9,2)3/h4-5,7,9-10,13H,6,8H2,1-3H3. The fourth-order valence-electron chi connectivity index (χ4n) is 2.26. The molecule has 2 aliphatic rings. The molecule has 1 aliphatic carbocycles. The maximum atomic E-state index is 3.65. The molecule has 1 N–H and O–H groups in total. The van der Waals surface area contributed by atoms with Gasteiger partial charge in [0, 0.05) is 17.2 Å². The molecule has 0 aromatic rings. The summed E-state index contributed by atoms with van der Waals surface area (Å²) in [5, 5.41) is 3.65. The number of fused-ring (bicyclic) bond motifs is 1. The molecule has 1 heteroatoms. The highest BCUT2D eigenvalue weighted by atomic mass is 15.0. The molecule has 2 atom stereocenters. The Bertz CT molecular complexity index is 260. The molecule has 1 heterocycles. The van der Waals surface area contributed by atoms with Crippen molar-refractivity contribution in [3.63, 3.8) is 0 Å². The van der Waals surface area contributed by atoms with Gasteiger partial charge in [-0.1, -0.05) is 19.1 Å². The summed E-state index contributed by atoms with van der Waals surface area (Å²) in [5.41, 5.74) is 1.72. The molecule has 13 heavy (non-hydrogen) atoms. The monoisotopic (exact) mass is 177 g/mol. The lowest BCUT2D eigenvalue weighted by molar-refractivity contribution is 0.198. The highest BCUT2D eigenvalue weighted by molar-refractivity contribution is 5.23. The number of nitrogens with one attached hydrogen (secondary N) is 1. The second-order valence-corrected chi connectivity index (χ2v) is 4.97. The highest BCUT2D eigenvalue weighted by Gasteiger charge is 2.35. The van der Waals surface area contributed by atoms with E-state index in [9.17, 15) is 0 Å². The summed E-state index contributed by atoms with van der Waals surface area (Å²) in [7, 11) is 0. The first kappa shape index (κ1) is 8.86. The van der Waals surface area contributed by atoms with Crippen molar-refractivity contribution >= 4 is 0 Å². The number of hydrogen-bond acceptors (Lipinski definition) is 1. The molecule has 1 nitrogen and oxygen atoms in total. The Balaban J connectivity index is 2.21.